The van der Waals surface area contributed by atoms with Crippen LogP contribution in [0.1, 0.15) is 51.9 Å². The first-order chi connectivity index (χ1) is 13.4. The number of aliphatic hydroxyl groups is 3. The quantitative estimate of drug-likeness (QED) is 0.358. The van der Waals surface area contributed by atoms with Crippen molar-refractivity contribution >= 4 is 5.97 Å². The molecule has 28 heavy (non-hydrogen) atoms. The first-order valence-electron chi connectivity index (χ1n) is 9.98. The van der Waals surface area contributed by atoms with Crippen molar-refractivity contribution in [2.45, 2.75) is 82.4 Å². The third-order valence-electron chi connectivity index (χ3n) is 4.44. The summed E-state index contributed by atoms with van der Waals surface area (Å²) in [5, 5.41) is 38.7. The van der Waals surface area contributed by atoms with Crippen LogP contribution in [-0.4, -0.2) is 56.9 Å². The lowest BCUT2D eigenvalue weighted by Crippen LogP contribution is -2.24. The van der Waals surface area contributed by atoms with Crippen LogP contribution in [-0.2, 0) is 9.53 Å². The highest BCUT2D eigenvalue weighted by atomic mass is 16.5. The Morgan fingerprint density at radius 3 is 2.57 bits per heavy atom. The molecule has 0 aromatic heterocycles. The Balaban J connectivity index is 2.32. The van der Waals surface area contributed by atoms with Crippen molar-refractivity contribution < 1.29 is 30.0 Å². The van der Waals surface area contributed by atoms with Gasteiger partial charge < -0.3 is 25.2 Å². The van der Waals surface area contributed by atoms with Gasteiger partial charge in [0, 0.05) is 12.8 Å². The summed E-state index contributed by atoms with van der Waals surface area (Å²) in [7, 11) is 0. The molecule has 1 fully saturated rings. The Morgan fingerprint density at radius 1 is 1.11 bits per heavy atom. The summed E-state index contributed by atoms with van der Waals surface area (Å²) < 4.78 is 5.76. The van der Waals surface area contributed by atoms with Crippen molar-refractivity contribution in [1.29, 1.82) is 0 Å². The first-order valence-corrected chi connectivity index (χ1v) is 9.98. The number of hydrogen-bond acceptors (Lipinski definition) is 5. The number of aliphatic carboxylic acids is 1. The highest BCUT2D eigenvalue weighted by Gasteiger charge is 2.36. The molecule has 0 unspecified atom stereocenters. The van der Waals surface area contributed by atoms with Crippen LogP contribution in [0.4, 0.5) is 0 Å². The van der Waals surface area contributed by atoms with Gasteiger partial charge in [0.1, 0.15) is 0 Å². The molecule has 0 bridgehead atoms. The molecule has 1 saturated heterocycles. The van der Waals surface area contributed by atoms with Crippen LogP contribution in [0.25, 0.3) is 0 Å². The van der Waals surface area contributed by atoms with E-state index in [-0.39, 0.29) is 12.5 Å². The van der Waals surface area contributed by atoms with Crippen LogP contribution >= 0.6 is 0 Å². The lowest BCUT2D eigenvalue weighted by Gasteiger charge is -2.16. The predicted molar refractivity (Wildman–Crippen MR) is 109 cm³/mol. The minimum absolute atomic E-state index is 0.132. The fraction of sp³-hybridized carbons (Fsp3) is 0.591. The van der Waals surface area contributed by atoms with Crippen LogP contribution < -0.4 is 0 Å². The minimum atomic E-state index is -0.870. The van der Waals surface area contributed by atoms with Crippen molar-refractivity contribution in [1.82, 2.24) is 0 Å². The maximum atomic E-state index is 10.4. The zero-order valence-corrected chi connectivity index (χ0v) is 16.6. The number of allylic oxidation sites excluding steroid dienone is 4. The number of carbonyl (C=O) groups is 1. The van der Waals surface area contributed by atoms with Gasteiger partial charge in [-0.2, -0.15) is 0 Å². The van der Waals surface area contributed by atoms with Crippen molar-refractivity contribution in [2.24, 2.45) is 0 Å². The van der Waals surface area contributed by atoms with E-state index in [1.54, 1.807) is 6.08 Å². The van der Waals surface area contributed by atoms with E-state index in [1.807, 2.05) is 43.4 Å². The Morgan fingerprint density at radius 2 is 1.86 bits per heavy atom. The molecule has 0 radical (unpaired) electrons. The molecule has 0 saturated carbocycles. The molecule has 1 aliphatic heterocycles. The second-order valence-electron chi connectivity index (χ2n) is 6.92. The summed E-state index contributed by atoms with van der Waals surface area (Å²) in [6, 6.07) is 0. The molecule has 0 spiro atoms. The molecule has 0 amide bonds. The molecule has 1 rings (SSSR count). The zero-order valence-electron chi connectivity index (χ0n) is 16.6. The third kappa shape index (κ3) is 10.6. The molecule has 158 valence electrons. The van der Waals surface area contributed by atoms with Gasteiger partial charge in [0.05, 0.1) is 30.5 Å². The molecule has 1 heterocycles. The van der Waals surface area contributed by atoms with Crippen LogP contribution in [0.3, 0.4) is 0 Å². The number of hydrogen-bond donors (Lipinski definition) is 4. The monoisotopic (exact) mass is 394 g/mol. The summed E-state index contributed by atoms with van der Waals surface area (Å²) in [4.78, 5) is 10.4. The average Bonchev–Trinajstić information content (AvgIpc) is 3.02. The molecule has 0 aromatic rings. The molecular formula is C22H34O6. The second kappa shape index (κ2) is 14.3. The van der Waals surface area contributed by atoms with Crippen molar-refractivity contribution in [3.05, 3.63) is 48.6 Å². The largest absolute Gasteiger partial charge is 0.481 e. The van der Waals surface area contributed by atoms with Crippen molar-refractivity contribution in [2.75, 3.05) is 0 Å². The Kier molecular flexibility index (Phi) is 12.4. The Labute approximate surface area is 167 Å². The fourth-order valence-corrected chi connectivity index (χ4v) is 2.87. The molecule has 1 aliphatic rings. The average molecular weight is 395 g/mol. The Bertz CT molecular complexity index is 551. The predicted octanol–water partition coefficient (Wildman–Crippen LogP) is 2.90. The van der Waals surface area contributed by atoms with E-state index in [1.165, 1.54) is 6.08 Å². The van der Waals surface area contributed by atoms with Gasteiger partial charge in [-0.15, -0.1) is 0 Å². The maximum absolute atomic E-state index is 10.4. The SMILES string of the molecule is CC/C=C\C[C@@H](O)/C=C/[C@H](O)[C@H]1C[C@@H](O)[C@H](C/C=C\C/C=C\CCC(=O)O)O1. The van der Waals surface area contributed by atoms with Gasteiger partial charge in [-0.25, -0.2) is 0 Å². The minimum Gasteiger partial charge on any atom is -0.481 e. The van der Waals surface area contributed by atoms with Crippen molar-refractivity contribution in [3.63, 3.8) is 0 Å². The third-order valence-corrected chi connectivity index (χ3v) is 4.44. The van der Waals surface area contributed by atoms with Gasteiger partial charge in [0.2, 0.25) is 0 Å². The van der Waals surface area contributed by atoms with E-state index in [4.69, 9.17) is 9.84 Å². The highest BCUT2D eigenvalue weighted by Crippen LogP contribution is 2.26. The van der Waals surface area contributed by atoms with Gasteiger partial charge in [-0.1, -0.05) is 55.5 Å². The van der Waals surface area contributed by atoms with E-state index in [0.29, 0.717) is 32.1 Å². The second-order valence-corrected chi connectivity index (χ2v) is 6.92. The van der Waals surface area contributed by atoms with Crippen LogP contribution in [0.2, 0.25) is 0 Å². The standard InChI is InChI=1S/C22H34O6/c1-2-3-8-11-17(23)14-15-18(24)21-16-19(25)20(28-21)12-9-6-4-5-7-10-13-22(26)27/h3,5-9,14-15,17-21,23-25H,2,4,10-13,16H2,1H3,(H,26,27)/b7-5-,8-3-,9-6-,15-14+/t17-,18+,19-,20+,21-/m1/s1. The van der Waals surface area contributed by atoms with Gasteiger partial charge in [0.25, 0.3) is 0 Å². The number of rotatable bonds is 13. The van der Waals surface area contributed by atoms with E-state index >= 15 is 0 Å². The molecule has 0 aliphatic carbocycles. The van der Waals surface area contributed by atoms with E-state index < -0.39 is 30.4 Å². The normalized spacial score (nSPS) is 25.5. The smallest absolute Gasteiger partial charge is 0.303 e. The first kappa shape index (κ1) is 24.3. The maximum Gasteiger partial charge on any atom is 0.303 e. The summed E-state index contributed by atoms with van der Waals surface area (Å²) in [6.45, 7) is 2.02. The molecule has 5 atom stereocenters. The van der Waals surface area contributed by atoms with Crippen LogP contribution in [0, 0.1) is 0 Å². The number of carboxylic acid groups (broad SMARTS) is 1. The molecule has 6 nitrogen and oxygen atoms in total. The molecule has 0 aromatic carbocycles. The van der Waals surface area contributed by atoms with Crippen LogP contribution in [0.5, 0.6) is 0 Å². The summed E-state index contributed by atoms with van der Waals surface area (Å²) >= 11 is 0. The zero-order chi connectivity index (χ0) is 20.8. The van der Waals surface area contributed by atoms with E-state index in [2.05, 4.69) is 0 Å². The van der Waals surface area contributed by atoms with E-state index in [0.717, 1.165) is 6.42 Å². The summed E-state index contributed by atoms with van der Waals surface area (Å²) in [5.41, 5.74) is 0. The van der Waals surface area contributed by atoms with Gasteiger partial charge in [-0.05, 0) is 32.1 Å². The summed E-state index contributed by atoms with van der Waals surface area (Å²) in [6.07, 6.45) is 15.2. The number of carboxylic acids is 1. The molecule has 6 heteroatoms. The topological polar surface area (TPSA) is 107 Å². The fourth-order valence-electron chi connectivity index (χ4n) is 2.87. The highest BCUT2D eigenvalue weighted by molar-refractivity contribution is 5.66. The molecule has 4 N–H and O–H groups in total. The lowest BCUT2D eigenvalue weighted by atomic mass is 10.0. The van der Waals surface area contributed by atoms with E-state index in [9.17, 15) is 20.1 Å². The van der Waals surface area contributed by atoms with Gasteiger partial charge >= 0.3 is 5.97 Å². The summed E-state index contributed by atoms with van der Waals surface area (Å²) in [5.74, 6) is -0.804. The van der Waals surface area contributed by atoms with Gasteiger partial charge in [-0.3, -0.25) is 4.79 Å². The van der Waals surface area contributed by atoms with Crippen LogP contribution in [0.15, 0.2) is 48.6 Å². The van der Waals surface area contributed by atoms with Crippen molar-refractivity contribution in [3.8, 4) is 0 Å². The Hall–Kier alpha value is -1.73. The van der Waals surface area contributed by atoms with Gasteiger partial charge in [0.15, 0.2) is 0 Å². The lowest BCUT2D eigenvalue weighted by molar-refractivity contribution is -0.136. The number of ether oxygens (including phenoxy) is 1. The number of aliphatic hydroxyl groups excluding tert-OH is 3. The molecular weight excluding hydrogens is 360 g/mol.